The Labute approximate surface area is 143 Å². The number of hydrogen-bond donors (Lipinski definition) is 1. The van der Waals surface area contributed by atoms with Crippen LogP contribution in [0.1, 0.15) is 39.2 Å². The fraction of sp³-hybridized carbons (Fsp3) is 0.556. The summed E-state index contributed by atoms with van der Waals surface area (Å²) in [6.07, 6.45) is 0.568. The number of ether oxygens (including phenoxy) is 2. The van der Waals surface area contributed by atoms with Gasteiger partial charge in [0.2, 0.25) is 0 Å². The van der Waals surface area contributed by atoms with Crippen molar-refractivity contribution in [3.8, 4) is 0 Å². The van der Waals surface area contributed by atoms with Gasteiger partial charge in [-0.25, -0.2) is 4.79 Å². The van der Waals surface area contributed by atoms with Gasteiger partial charge in [0.25, 0.3) is 0 Å². The summed E-state index contributed by atoms with van der Waals surface area (Å²) in [6.45, 7) is 5.66. The molecular formula is C18H27NO5. The van der Waals surface area contributed by atoms with Gasteiger partial charge < -0.3 is 14.6 Å². The topological polar surface area (TPSA) is 76.1 Å². The molecule has 0 aliphatic rings. The van der Waals surface area contributed by atoms with E-state index in [1.807, 2.05) is 30.3 Å². The minimum absolute atomic E-state index is 0.0410. The second kappa shape index (κ2) is 9.93. The molecule has 1 aromatic carbocycles. The van der Waals surface area contributed by atoms with Crippen LogP contribution in [0.5, 0.6) is 0 Å². The van der Waals surface area contributed by atoms with E-state index in [-0.39, 0.29) is 19.8 Å². The number of carbonyl (C=O) groups is 2. The maximum absolute atomic E-state index is 12.2. The van der Waals surface area contributed by atoms with Gasteiger partial charge >= 0.3 is 12.1 Å². The molecule has 1 amide bonds. The van der Waals surface area contributed by atoms with Crippen LogP contribution in [-0.4, -0.2) is 47.4 Å². The van der Waals surface area contributed by atoms with Crippen LogP contribution in [0.2, 0.25) is 0 Å². The number of rotatable bonds is 8. The monoisotopic (exact) mass is 337 g/mol. The Balaban J connectivity index is 2.58. The zero-order valence-corrected chi connectivity index (χ0v) is 14.7. The van der Waals surface area contributed by atoms with Crippen molar-refractivity contribution in [3.63, 3.8) is 0 Å². The second-order valence-corrected chi connectivity index (χ2v) is 6.48. The van der Waals surface area contributed by atoms with Gasteiger partial charge in [-0.3, -0.25) is 9.69 Å². The zero-order chi connectivity index (χ0) is 18.0. The lowest BCUT2D eigenvalue weighted by atomic mass is 10.2. The lowest BCUT2D eigenvalue weighted by molar-refractivity contribution is -0.155. The standard InChI is InChI=1S/C18H27NO5/c1-18(2,3)24-16(21)13-19(11-7-8-12-20)17(22)23-14-15-9-5-4-6-10-15/h4-6,9-10,20H,7-8,11-14H2,1-3H3. The van der Waals surface area contributed by atoms with Gasteiger partial charge in [-0.2, -0.15) is 0 Å². The van der Waals surface area contributed by atoms with Gasteiger partial charge in [-0.05, 0) is 39.2 Å². The molecule has 1 rings (SSSR count). The number of benzene rings is 1. The van der Waals surface area contributed by atoms with E-state index in [0.29, 0.717) is 19.4 Å². The molecule has 0 aromatic heterocycles. The number of carbonyl (C=O) groups excluding carboxylic acids is 2. The first-order valence-corrected chi connectivity index (χ1v) is 8.10. The summed E-state index contributed by atoms with van der Waals surface area (Å²) >= 11 is 0. The maximum atomic E-state index is 12.2. The predicted molar refractivity (Wildman–Crippen MR) is 90.4 cm³/mol. The van der Waals surface area contributed by atoms with Crippen LogP contribution >= 0.6 is 0 Å². The normalized spacial score (nSPS) is 11.0. The third-order valence-electron chi connectivity index (χ3n) is 3.04. The first-order valence-electron chi connectivity index (χ1n) is 8.10. The number of nitrogens with zero attached hydrogens (tertiary/aromatic N) is 1. The van der Waals surface area contributed by atoms with E-state index in [4.69, 9.17) is 14.6 Å². The molecule has 0 unspecified atom stereocenters. The first-order chi connectivity index (χ1) is 11.3. The van der Waals surface area contributed by atoms with E-state index >= 15 is 0 Å². The second-order valence-electron chi connectivity index (χ2n) is 6.48. The van der Waals surface area contributed by atoms with Crippen molar-refractivity contribution >= 4 is 12.1 Å². The minimum Gasteiger partial charge on any atom is -0.459 e. The van der Waals surface area contributed by atoms with Crippen LogP contribution in [0.25, 0.3) is 0 Å². The minimum atomic E-state index is -0.609. The third-order valence-corrected chi connectivity index (χ3v) is 3.04. The van der Waals surface area contributed by atoms with E-state index in [0.717, 1.165) is 5.56 Å². The average molecular weight is 337 g/mol. The fourth-order valence-corrected chi connectivity index (χ4v) is 1.99. The molecule has 0 bridgehead atoms. The summed E-state index contributed by atoms with van der Waals surface area (Å²) in [7, 11) is 0. The lowest BCUT2D eigenvalue weighted by Gasteiger charge is -2.24. The number of esters is 1. The summed E-state index contributed by atoms with van der Waals surface area (Å²) in [5, 5.41) is 8.88. The SMILES string of the molecule is CC(C)(C)OC(=O)CN(CCCCO)C(=O)OCc1ccccc1. The molecule has 1 N–H and O–H groups in total. The van der Waals surface area contributed by atoms with Gasteiger partial charge in [0.1, 0.15) is 18.8 Å². The van der Waals surface area contributed by atoms with Crippen LogP contribution in [0.4, 0.5) is 4.79 Å². The molecule has 0 spiro atoms. The molecule has 134 valence electrons. The molecule has 0 saturated carbocycles. The smallest absolute Gasteiger partial charge is 0.410 e. The third kappa shape index (κ3) is 8.53. The fourth-order valence-electron chi connectivity index (χ4n) is 1.99. The van der Waals surface area contributed by atoms with Crippen molar-refractivity contribution < 1.29 is 24.2 Å². The van der Waals surface area contributed by atoms with Crippen molar-refractivity contribution in [3.05, 3.63) is 35.9 Å². The Morgan fingerprint density at radius 3 is 2.38 bits per heavy atom. The molecule has 6 nitrogen and oxygen atoms in total. The molecular weight excluding hydrogens is 310 g/mol. The van der Waals surface area contributed by atoms with Crippen LogP contribution in [0.15, 0.2) is 30.3 Å². The summed E-state index contributed by atoms with van der Waals surface area (Å²) in [5.41, 5.74) is 0.264. The summed E-state index contributed by atoms with van der Waals surface area (Å²) in [5.74, 6) is -0.483. The van der Waals surface area contributed by atoms with E-state index in [2.05, 4.69) is 0 Å². The number of aliphatic hydroxyl groups is 1. The highest BCUT2D eigenvalue weighted by atomic mass is 16.6. The molecule has 24 heavy (non-hydrogen) atoms. The molecule has 0 saturated heterocycles. The number of amides is 1. The molecule has 0 heterocycles. The van der Waals surface area contributed by atoms with E-state index in [1.165, 1.54) is 4.90 Å². The van der Waals surface area contributed by atoms with Crippen molar-refractivity contribution in [2.75, 3.05) is 19.7 Å². The van der Waals surface area contributed by atoms with E-state index in [1.54, 1.807) is 20.8 Å². The molecule has 0 aliphatic heterocycles. The summed E-state index contributed by atoms with van der Waals surface area (Å²) in [6, 6.07) is 9.33. The molecule has 0 atom stereocenters. The highest BCUT2D eigenvalue weighted by Gasteiger charge is 2.22. The van der Waals surface area contributed by atoms with Crippen LogP contribution in [-0.2, 0) is 20.9 Å². The highest BCUT2D eigenvalue weighted by Crippen LogP contribution is 2.09. The van der Waals surface area contributed by atoms with Gasteiger partial charge in [0.05, 0.1) is 0 Å². The molecule has 6 heteroatoms. The van der Waals surface area contributed by atoms with Crippen molar-refractivity contribution in [2.24, 2.45) is 0 Å². The van der Waals surface area contributed by atoms with Gasteiger partial charge in [-0.15, -0.1) is 0 Å². The van der Waals surface area contributed by atoms with Gasteiger partial charge in [0, 0.05) is 13.2 Å². The van der Waals surface area contributed by atoms with Gasteiger partial charge in [-0.1, -0.05) is 30.3 Å². The van der Waals surface area contributed by atoms with Gasteiger partial charge in [0.15, 0.2) is 0 Å². The number of hydrogen-bond acceptors (Lipinski definition) is 5. The van der Waals surface area contributed by atoms with Crippen molar-refractivity contribution in [1.29, 1.82) is 0 Å². The number of aliphatic hydroxyl groups excluding tert-OH is 1. The van der Waals surface area contributed by atoms with Crippen molar-refractivity contribution in [1.82, 2.24) is 4.90 Å². The van der Waals surface area contributed by atoms with Crippen LogP contribution in [0.3, 0.4) is 0 Å². The largest absolute Gasteiger partial charge is 0.459 e. The average Bonchev–Trinajstić information content (AvgIpc) is 2.51. The summed E-state index contributed by atoms with van der Waals surface area (Å²) < 4.78 is 10.5. The maximum Gasteiger partial charge on any atom is 0.410 e. The molecule has 0 fully saturated rings. The molecule has 1 aromatic rings. The van der Waals surface area contributed by atoms with Crippen LogP contribution in [0, 0.1) is 0 Å². The Bertz CT molecular complexity index is 510. The molecule has 0 radical (unpaired) electrons. The summed E-state index contributed by atoms with van der Waals surface area (Å²) in [4.78, 5) is 25.5. The number of unbranched alkanes of at least 4 members (excludes halogenated alkanes) is 1. The van der Waals surface area contributed by atoms with E-state index < -0.39 is 17.7 Å². The zero-order valence-electron chi connectivity index (χ0n) is 14.7. The Hall–Kier alpha value is -2.08. The Morgan fingerprint density at radius 2 is 1.79 bits per heavy atom. The van der Waals surface area contributed by atoms with Crippen LogP contribution < -0.4 is 0 Å². The van der Waals surface area contributed by atoms with Crippen molar-refractivity contribution in [2.45, 2.75) is 45.8 Å². The highest BCUT2D eigenvalue weighted by molar-refractivity contribution is 5.78. The predicted octanol–water partition coefficient (Wildman–Crippen LogP) is 2.74. The van der Waals surface area contributed by atoms with E-state index in [9.17, 15) is 9.59 Å². The lowest BCUT2D eigenvalue weighted by Crippen LogP contribution is -2.39. The Kier molecular flexibility index (Phi) is 8.26. The quantitative estimate of drug-likeness (QED) is 0.583. The first kappa shape index (κ1) is 20.0. The Morgan fingerprint density at radius 1 is 1.12 bits per heavy atom. The molecule has 0 aliphatic carbocycles.